The molecule has 6 heteroatoms. The summed E-state index contributed by atoms with van der Waals surface area (Å²) >= 11 is 0. The van der Waals surface area contributed by atoms with Crippen molar-refractivity contribution in [2.45, 2.75) is 41.5 Å². The van der Waals surface area contributed by atoms with Crippen molar-refractivity contribution in [1.29, 1.82) is 10.5 Å². The van der Waals surface area contributed by atoms with E-state index in [1.807, 2.05) is 12.1 Å². The van der Waals surface area contributed by atoms with Crippen LogP contribution in [-0.2, 0) is 0 Å². The number of rotatable bonds is 6. The number of benzene rings is 9. The minimum Gasteiger partial charge on any atom is -0.454 e. The maximum absolute atomic E-state index is 11.0. The second-order valence-corrected chi connectivity index (χ2v) is 17.1. The van der Waals surface area contributed by atoms with E-state index in [2.05, 4.69) is 197 Å². The Morgan fingerprint density at radius 2 is 0.781 bits per heavy atom. The molecule has 0 N–H and O–H groups in total. The lowest BCUT2D eigenvalue weighted by atomic mass is 9.96. The number of furan rings is 2. The summed E-state index contributed by atoms with van der Waals surface area (Å²) in [4.78, 5) is 4.66. The molecule has 0 amide bonds. The van der Waals surface area contributed by atoms with Crippen molar-refractivity contribution < 1.29 is 8.83 Å². The molecule has 0 atom stereocenters. The lowest BCUT2D eigenvalue weighted by Gasteiger charge is -2.30. The van der Waals surface area contributed by atoms with Crippen LogP contribution in [0.2, 0.25) is 0 Å². The lowest BCUT2D eigenvalue weighted by molar-refractivity contribution is 0.654. The van der Waals surface area contributed by atoms with E-state index in [0.717, 1.165) is 66.4 Å². The van der Waals surface area contributed by atoms with Gasteiger partial charge in [0.15, 0.2) is 11.2 Å². The molecule has 2 aromatic heterocycles. The summed E-state index contributed by atoms with van der Waals surface area (Å²) in [5.74, 6) is 0. The van der Waals surface area contributed by atoms with Gasteiger partial charge in [0.25, 0.3) is 0 Å². The highest BCUT2D eigenvalue weighted by atomic mass is 16.3. The van der Waals surface area contributed by atoms with Gasteiger partial charge < -0.3 is 18.6 Å². The van der Waals surface area contributed by atoms with Crippen LogP contribution in [0.1, 0.15) is 44.5 Å². The summed E-state index contributed by atoms with van der Waals surface area (Å²) in [5, 5.41) is 28.6. The van der Waals surface area contributed by atoms with E-state index in [4.69, 9.17) is 8.83 Å². The summed E-state index contributed by atoms with van der Waals surface area (Å²) < 4.78 is 13.3. The van der Waals surface area contributed by atoms with Crippen LogP contribution in [-0.4, -0.2) is 0 Å². The zero-order valence-corrected chi connectivity index (χ0v) is 36.5. The van der Waals surface area contributed by atoms with E-state index >= 15 is 0 Å². The first kappa shape index (κ1) is 38.6. The molecule has 0 aliphatic carbocycles. The van der Waals surface area contributed by atoms with Crippen molar-refractivity contribution in [3.05, 3.63) is 190 Å². The van der Waals surface area contributed by atoms with Gasteiger partial charge in [-0.2, -0.15) is 10.5 Å². The average Bonchev–Trinajstić information content (AvgIpc) is 3.84. The maximum atomic E-state index is 11.0. The number of hydrogen-bond acceptors (Lipinski definition) is 6. The predicted octanol–water partition coefficient (Wildman–Crippen LogP) is 16.3. The molecule has 0 saturated carbocycles. The fourth-order valence-corrected chi connectivity index (χ4v) is 9.95. The van der Waals surface area contributed by atoms with Crippen LogP contribution in [0.5, 0.6) is 0 Å². The topological polar surface area (TPSA) is 80.3 Å². The molecule has 0 unspecified atom stereocenters. The SMILES string of the molecule is Cc1ccccc1N(c1ccc2cc3c(cc2c1)oc1c(C#N)c2oc4cc5cc(N(c6ccccc6C)c6c(C)cccc6C)ccc5cc4c2c(C#N)c13)c1c(C)cccc1C. The summed E-state index contributed by atoms with van der Waals surface area (Å²) in [5.41, 5.74) is 16.1. The molecule has 2 heterocycles. The van der Waals surface area contributed by atoms with Gasteiger partial charge in [0.1, 0.15) is 28.9 Å². The van der Waals surface area contributed by atoms with Gasteiger partial charge in [-0.15, -0.1) is 0 Å². The molecule has 0 aliphatic rings. The Balaban J connectivity index is 1.09. The normalized spacial score (nSPS) is 11.6. The Morgan fingerprint density at radius 1 is 0.391 bits per heavy atom. The van der Waals surface area contributed by atoms with Crippen molar-refractivity contribution in [1.82, 2.24) is 0 Å². The summed E-state index contributed by atoms with van der Waals surface area (Å²) in [7, 11) is 0. The van der Waals surface area contributed by atoms with E-state index in [-0.39, 0.29) is 5.56 Å². The number of para-hydroxylation sites is 4. The Morgan fingerprint density at radius 3 is 1.17 bits per heavy atom. The third-order valence-corrected chi connectivity index (χ3v) is 13.0. The Bertz CT molecular complexity index is 3580. The Labute approximate surface area is 371 Å². The van der Waals surface area contributed by atoms with E-state index < -0.39 is 0 Å². The molecular formula is C58H42N4O2. The predicted molar refractivity (Wildman–Crippen MR) is 263 cm³/mol. The molecule has 0 saturated heterocycles. The monoisotopic (exact) mass is 826 g/mol. The molecule has 0 aliphatic heterocycles. The van der Waals surface area contributed by atoms with E-state index in [0.29, 0.717) is 38.7 Å². The van der Waals surface area contributed by atoms with Gasteiger partial charge in [0.2, 0.25) is 0 Å². The number of anilines is 6. The average molecular weight is 827 g/mol. The van der Waals surface area contributed by atoms with Gasteiger partial charge in [0, 0.05) is 44.3 Å². The first-order valence-electron chi connectivity index (χ1n) is 21.5. The van der Waals surface area contributed by atoms with E-state index in [1.54, 1.807) is 0 Å². The fraction of sp³-hybridized carbons (Fsp3) is 0.103. The van der Waals surface area contributed by atoms with Crippen molar-refractivity contribution >= 4 is 99.5 Å². The summed E-state index contributed by atoms with van der Waals surface area (Å²) in [6.45, 7) is 12.9. The number of nitriles is 2. The summed E-state index contributed by atoms with van der Waals surface area (Å²) in [6.07, 6.45) is 0. The highest BCUT2D eigenvalue weighted by molar-refractivity contribution is 6.24. The molecule has 0 radical (unpaired) electrons. The highest BCUT2D eigenvalue weighted by Crippen LogP contribution is 2.47. The fourth-order valence-electron chi connectivity index (χ4n) is 9.95. The highest BCUT2D eigenvalue weighted by Gasteiger charge is 2.27. The molecule has 0 spiro atoms. The molecule has 0 bridgehead atoms. The minimum atomic E-state index is 0.271. The number of fused-ring (bicyclic) bond motifs is 8. The molecule has 11 rings (SSSR count). The van der Waals surface area contributed by atoms with Gasteiger partial charge in [-0.05, 0) is 157 Å². The van der Waals surface area contributed by atoms with Crippen LogP contribution in [0.4, 0.5) is 34.1 Å². The molecule has 9 aromatic carbocycles. The van der Waals surface area contributed by atoms with Crippen LogP contribution in [0.3, 0.4) is 0 Å². The Hall–Kier alpha value is -8.32. The first-order valence-corrected chi connectivity index (χ1v) is 21.5. The van der Waals surface area contributed by atoms with Crippen LogP contribution >= 0.6 is 0 Å². The van der Waals surface area contributed by atoms with Gasteiger partial charge >= 0.3 is 0 Å². The van der Waals surface area contributed by atoms with Gasteiger partial charge in [-0.25, -0.2) is 0 Å². The van der Waals surface area contributed by atoms with Crippen LogP contribution < -0.4 is 9.80 Å². The molecule has 306 valence electrons. The van der Waals surface area contributed by atoms with Crippen LogP contribution in [0.15, 0.2) is 154 Å². The van der Waals surface area contributed by atoms with Crippen LogP contribution in [0, 0.1) is 64.2 Å². The van der Waals surface area contributed by atoms with Crippen molar-refractivity contribution in [3.8, 4) is 12.1 Å². The van der Waals surface area contributed by atoms with Gasteiger partial charge in [-0.1, -0.05) is 84.9 Å². The molecule has 6 nitrogen and oxygen atoms in total. The van der Waals surface area contributed by atoms with E-state index in [1.165, 1.54) is 33.4 Å². The lowest BCUT2D eigenvalue weighted by Crippen LogP contribution is -2.14. The zero-order chi connectivity index (χ0) is 44.0. The van der Waals surface area contributed by atoms with Crippen molar-refractivity contribution in [2.24, 2.45) is 0 Å². The van der Waals surface area contributed by atoms with Crippen LogP contribution in [0.25, 0.3) is 65.4 Å². The van der Waals surface area contributed by atoms with Crippen molar-refractivity contribution in [2.75, 3.05) is 9.80 Å². The third-order valence-electron chi connectivity index (χ3n) is 13.0. The largest absolute Gasteiger partial charge is 0.454 e. The number of aryl methyl sites for hydroxylation is 6. The molecule has 64 heavy (non-hydrogen) atoms. The minimum absolute atomic E-state index is 0.271. The smallest absolute Gasteiger partial charge is 0.158 e. The standard InChI is InChI=1S/C58H42N4O2/c1-33-13-7-9-19-49(33)61(55-35(3)15-11-16-36(55)4)43-23-21-39-27-45-51(29-41(39)25-43)63-57-48(32-60)58-54(47(31-59)53(45)57)46-28-40-22-24-44(26-42(40)30-52(46)64-58)62(50-20-10-8-14-34(50)2)56-37(5)17-12-18-38(56)6/h7-30H,1-6H3. The summed E-state index contributed by atoms with van der Waals surface area (Å²) in [6, 6.07) is 55.8. The molecule has 11 aromatic rings. The molecule has 0 fully saturated rings. The number of hydrogen-bond donors (Lipinski definition) is 0. The van der Waals surface area contributed by atoms with E-state index in [9.17, 15) is 10.5 Å². The Kier molecular flexibility index (Phi) is 8.84. The second kappa shape index (κ2) is 14.7. The van der Waals surface area contributed by atoms with Gasteiger partial charge in [-0.3, -0.25) is 0 Å². The zero-order valence-electron chi connectivity index (χ0n) is 36.5. The second-order valence-electron chi connectivity index (χ2n) is 17.1. The molecular weight excluding hydrogens is 785 g/mol. The maximum Gasteiger partial charge on any atom is 0.158 e. The first-order chi connectivity index (χ1) is 31.1. The third kappa shape index (κ3) is 5.84. The van der Waals surface area contributed by atoms with Crippen molar-refractivity contribution in [3.63, 3.8) is 0 Å². The quantitative estimate of drug-likeness (QED) is 0.166. The number of nitrogens with zero attached hydrogens (tertiary/aromatic N) is 4. The van der Waals surface area contributed by atoms with Gasteiger partial charge in [0.05, 0.1) is 16.9 Å².